The van der Waals surface area contributed by atoms with E-state index < -0.39 is 0 Å². The van der Waals surface area contributed by atoms with Crippen molar-refractivity contribution in [1.82, 2.24) is 4.90 Å². The molecule has 0 unspecified atom stereocenters. The van der Waals surface area contributed by atoms with Crippen LogP contribution in [0.1, 0.15) is 40.7 Å². The lowest BCUT2D eigenvalue weighted by Gasteiger charge is -2.19. The van der Waals surface area contributed by atoms with E-state index in [9.17, 15) is 4.79 Å². The molecule has 0 saturated heterocycles. The monoisotopic (exact) mass is 248 g/mol. The molecule has 3 heteroatoms. The van der Waals surface area contributed by atoms with Crippen molar-refractivity contribution in [1.29, 1.82) is 0 Å². The van der Waals surface area contributed by atoms with Gasteiger partial charge in [-0.1, -0.05) is 18.6 Å². The van der Waals surface area contributed by atoms with Crippen molar-refractivity contribution in [3.8, 4) is 0 Å². The summed E-state index contributed by atoms with van der Waals surface area (Å²) in [5.74, 6) is 0.115. The highest BCUT2D eigenvalue weighted by Gasteiger charge is 2.14. The Labute approximate surface area is 110 Å². The Kier molecular flexibility index (Phi) is 5.86. The van der Waals surface area contributed by atoms with E-state index in [0.717, 1.165) is 49.0 Å². The molecule has 18 heavy (non-hydrogen) atoms. The predicted octanol–water partition coefficient (Wildman–Crippen LogP) is 2.50. The van der Waals surface area contributed by atoms with Crippen LogP contribution in [0.2, 0.25) is 0 Å². The summed E-state index contributed by atoms with van der Waals surface area (Å²) in [6.07, 6.45) is 3.14. The average molecular weight is 248 g/mol. The largest absolute Gasteiger partial charge is 0.342 e. The first kappa shape index (κ1) is 14.7. The van der Waals surface area contributed by atoms with Gasteiger partial charge in [-0.3, -0.25) is 4.79 Å². The fraction of sp³-hybridized carbons (Fsp3) is 0.533. The maximum Gasteiger partial charge on any atom is 0.253 e. The summed E-state index contributed by atoms with van der Waals surface area (Å²) in [4.78, 5) is 14.1. The van der Waals surface area contributed by atoms with E-state index in [1.807, 2.05) is 39.1 Å². The van der Waals surface area contributed by atoms with E-state index in [2.05, 4.69) is 0 Å². The van der Waals surface area contributed by atoms with Gasteiger partial charge in [0.15, 0.2) is 0 Å². The van der Waals surface area contributed by atoms with E-state index in [1.165, 1.54) is 0 Å². The van der Waals surface area contributed by atoms with Crippen LogP contribution in [-0.4, -0.2) is 30.9 Å². The van der Waals surface area contributed by atoms with E-state index in [1.54, 1.807) is 4.90 Å². The van der Waals surface area contributed by atoms with Gasteiger partial charge in [-0.2, -0.15) is 0 Å². The van der Waals surface area contributed by atoms with E-state index in [-0.39, 0.29) is 5.91 Å². The SMILES string of the molecule is Cc1cccc(C(=O)N(C)CCCCCN)c1C. The van der Waals surface area contributed by atoms with Gasteiger partial charge in [0.05, 0.1) is 0 Å². The standard InChI is InChI=1S/C15H24N2O/c1-12-8-7-9-14(13(12)2)15(18)17(3)11-6-4-5-10-16/h7-9H,4-6,10-11,16H2,1-3H3. The predicted molar refractivity (Wildman–Crippen MR) is 75.8 cm³/mol. The molecule has 1 rings (SSSR count). The van der Waals surface area contributed by atoms with Gasteiger partial charge in [0.25, 0.3) is 5.91 Å². The van der Waals surface area contributed by atoms with Crippen LogP contribution in [0.3, 0.4) is 0 Å². The molecule has 1 aromatic carbocycles. The molecule has 0 atom stereocenters. The third-order valence-electron chi connectivity index (χ3n) is 3.38. The van der Waals surface area contributed by atoms with Crippen molar-refractivity contribution in [3.63, 3.8) is 0 Å². The third kappa shape index (κ3) is 3.84. The van der Waals surface area contributed by atoms with Crippen molar-refractivity contribution in [3.05, 3.63) is 34.9 Å². The summed E-state index contributed by atoms with van der Waals surface area (Å²) in [5, 5.41) is 0. The molecule has 0 radical (unpaired) electrons. The second kappa shape index (κ2) is 7.17. The minimum Gasteiger partial charge on any atom is -0.342 e. The Morgan fingerprint density at radius 3 is 2.61 bits per heavy atom. The lowest BCUT2D eigenvalue weighted by Crippen LogP contribution is -2.28. The third-order valence-corrected chi connectivity index (χ3v) is 3.38. The fourth-order valence-electron chi connectivity index (χ4n) is 1.96. The highest BCUT2D eigenvalue weighted by atomic mass is 16.2. The van der Waals surface area contributed by atoms with Gasteiger partial charge in [-0.05, 0) is 50.4 Å². The van der Waals surface area contributed by atoms with Gasteiger partial charge in [0.2, 0.25) is 0 Å². The topological polar surface area (TPSA) is 46.3 Å². The fourth-order valence-corrected chi connectivity index (χ4v) is 1.96. The molecule has 0 aromatic heterocycles. The van der Waals surface area contributed by atoms with Gasteiger partial charge in [0.1, 0.15) is 0 Å². The second-order valence-electron chi connectivity index (χ2n) is 4.82. The van der Waals surface area contributed by atoms with Crippen molar-refractivity contribution >= 4 is 5.91 Å². The number of carbonyl (C=O) groups is 1. The van der Waals surface area contributed by atoms with Crippen LogP contribution in [0.4, 0.5) is 0 Å². The van der Waals surface area contributed by atoms with Gasteiger partial charge >= 0.3 is 0 Å². The summed E-state index contributed by atoms with van der Waals surface area (Å²) in [5.41, 5.74) is 8.51. The summed E-state index contributed by atoms with van der Waals surface area (Å²) < 4.78 is 0. The number of unbranched alkanes of at least 4 members (excludes halogenated alkanes) is 2. The first-order valence-electron chi connectivity index (χ1n) is 6.59. The molecule has 0 aliphatic heterocycles. The molecule has 100 valence electrons. The quantitative estimate of drug-likeness (QED) is 0.786. The smallest absolute Gasteiger partial charge is 0.253 e. The molecule has 0 aliphatic rings. The number of rotatable bonds is 6. The zero-order chi connectivity index (χ0) is 13.5. The second-order valence-corrected chi connectivity index (χ2v) is 4.82. The zero-order valence-electron chi connectivity index (χ0n) is 11.7. The molecule has 0 spiro atoms. The number of benzene rings is 1. The zero-order valence-corrected chi connectivity index (χ0v) is 11.7. The molecular weight excluding hydrogens is 224 g/mol. The number of nitrogens with zero attached hydrogens (tertiary/aromatic N) is 1. The van der Waals surface area contributed by atoms with Gasteiger partial charge in [-0.15, -0.1) is 0 Å². The molecule has 1 amide bonds. The number of amides is 1. The summed E-state index contributed by atoms with van der Waals surface area (Å²) in [6, 6.07) is 5.88. The van der Waals surface area contributed by atoms with Crippen LogP contribution in [0.15, 0.2) is 18.2 Å². The molecule has 0 bridgehead atoms. The van der Waals surface area contributed by atoms with Crippen molar-refractivity contribution < 1.29 is 4.79 Å². The van der Waals surface area contributed by atoms with E-state index >= 15 is 0 Å². The molecule has 2 N–H and O–H groups in total. The molecule has 0 fully saturated rings. The highest BCUT2D eigenvalue weighted by molar-refractivity contribution is 5.95. The number of nitrogens with two attached hydrogens (primary N) is 1. The number of carbonyl (C=O) groups excluding carboxylic acids is 1. The molecule has 0 saturated carbocycles. The Hall–Kier alpha value is -1.35. The Morgan fingerprint density at radius 2 is 1.94 bits per heavy atom. The minimum absolute atomic E-state index is 0.115. The summed E-state index contributed by atoms with van der Waals surface area (Å²) in [6.45, 7) is 5.57. The Balaban J connectivity index is 2.60. The van der Waals surface area contributed by atoms with Crippen LogP contribution in [0.5, 0.6) is 0 Å². The van der Waals surface area contributed by atoms with E-state index in [0.29, 0.717) is 0 Å². The number of aryl methyl sites for hydroxylation is 1. The maximum absolute atomic E-state index is 12.3. The van der Waals surface area contributed by atoms with Crippen molar-refractivity contribution in [2.45, 2.75) is 33.1 Å². The lowest BCUT2D eigenvalue weighted by molar-refractivity contribution is 0.0792. The van der Waals surface area contributed by atoms with Crippen molar-refractivity contribution in [2.75, 3.05) is 20.1 Å². The van der Waals surface area contributed by atoms with Crippen LogP contribution in [-0.2, 0) is 0 Å². The maximum atomic E-state index is 12.3. The number of hydrogen-bond acceptors (Lipinski definition) is 2. The highest BCUT2D eigenvalue weighted by Crippen LogP contribution is 2.14. The van der Waals surface area contributed by atoms with Crippen LogP contribution >= 0.6 is 0 Å². The molecular formula is C15H24N2O. The van der Waals surface area contributed by atoms with Crippen LogP contribution in [0.25, 0.3) is 0 Å². The number of hydrogen-bond donors (Lipinski definition) is 1. The Morgan fingerprint density at radius 1 is 1.22 bits per heavy atom. The normalized spacial score (nSPS) is 10.4. The molecule has 0 heterocycles. The first-order chi connectivity index (χ1) is 8.57. The minimum atomic E-state index is 0.115. The Bertz CT molecular complexity index is 401. The summed E-state index contributed by atoms with van der Waals surface area (Å²) in [7, 11) is 1.87. The van der Waals surface area contributed by atoms with E-state index in [4.69, 9.17) is 5.73 Å². The van der Waals surface area contributed by atoms with Gasteiger partial charge < -0.3 is 10.6 Å². The first-order valence-corrected chi connectivity index (χ1v) is 6.59. The molecule has 3 nitrogen and oxygen atoms in total. The molecule has 1 aromatic rings. The van der Waals surface area contributed by atoms with Gasteiger partial charge in [-0.25, -0.2) is 0 Å². The van der Waals surface area contributed by atoms with Crippen LogP contribution in [0, 0.1) is 13.8 Å². The van der Waals surface area contributed by atoms with Gasteiger partial charge in [0, 0.05) is 19.2 Å². The average Bonchev–Trinajstić information content (AvgIpc) is 2.37. The summed E-state index contributed by atoms with van der Waals surface area (Å²) >= 11 is 0. The molecule has 0 aliphatic carbocycles. The lowest BCUT2D eigenvalue weighted by atomic mass is 10.0. The van der Waals surface area contributed by atoms with Crippen LogP contribution < -0.4 is 5.73 Å². The van der Waals surface area contributed by atoms with Crippen molar-refractivity contribution in [2.24, 2.45) is 5.73 Å².